The molecular weight excluding hydrogens is 204 g/mol. The molecule has 2 rings (SSSR count). The summed E-state index contributed by atoms with van der Waals surface area (Å²) in [5.74, 6) is -0.924. The third kappa shape index (κ3) is 1.91. The van der Waals surface area contributed by atoms with E-state index in [-0.39, 0.29) is 5.56 Å². The van der Waals surface area contributed by atoms with Gasteiger partial charge in [0.1, 0.15) is 6.33 Å². The van der Waals surface area contributed by atoms with Crippen LogP contribution in [0, 0.1) is 6.92 Å². The molecule has 0 aliphatic carbocycles. The molecule has 80 valence electrons. The molecule has 2 aromatic rings. The van der Waals surface area contributed by atoms with Crippen molar-refractivity contribution >= 4 is 5.97 Å². The molecule has 0 saturated heterocycles. The summed E-state index contributed by atoms with van der Waals surface area (Å²) in [5.41, 5.74) is 2.99. The smallest absolute Gasteiger partial charge is 0.335 e. The molecule has 1 aromatic carbocycles. The Morgan fingerprint density at radius 2 is 1.94 bits per heavy atom. The Hall–Kier alpha value is -2.23. The Kier molecular flexibility index (Phi) is 2.64. The van der Waals surface area contributed by atoms with Gasteiger partial charge in [-0.05, 0) is 24.6 Å². The van der Waals surface area contributed by atoms with Crippen molar-refractivity contribution in [2.24, 2.45) is 0 Å². The van der Waals surface area contributed by atoms with Gasteiger partial charge >= 0.3 is 5.97 Å². The molecule has 0 spiro atoms. The number of hydrogen-bond acceptors (Lipinski definition) is 3. The molecule has 1 N–H and O–H groups in total. The number of aromatic carboxylic acids is 1. The molecule has 0 atom stereocenters. The Labute approximate surface area is 92.6 Å². The molecule has 16 heavy (non-hydrogen) atoms. The maximum atomic E-state index is 10.7. The van der Waals surface area contributed by atoms with Crippen molar-refractivity contribution in [2.45, 2.75) is 6.92 Å². The normalized spacial score (nSPS) is 10.1. The average Bonchev–Trinajstić information content (AvgIpc) is 2.30. The van der Waals surface area contributed by atoms with E-state index in [2.05, 4.69) is 9.97 Å². The van der Waals surface area contributed by atoms with Gasteiger partial charge in [-0.15, -0.1) is 0 Å². The van der Waals surface area contributed by atoms with Gasteiger partial charge in [0.15, 0.2) is 0 Å². The van der Waals surface area contributed by atoms with Crippen molar-refractivity contribution in [1.29, 1.82) is 0 Å². The second kappa shape index (κ2) is 4.10. The number of carboxylic acids is 1. The van der Waals surface area contributed by atoms with E-state index in [1.54, 1.807) is 30.5 Å². The fourth-order valence-corrected chi connectivity index (χ4v) is 1.47. The third-order valence-electron chi connectivity index (χ3n) is 2.35. The van der Waals surface area contributed by atoms with E-state index < -0.39 is 5.97 Å². The highest BCUT2D eigenvalue weighted by Gasteiger charge is 2.05. The monoisotopic (exact) mass is 214 g/mol. The molecule has 1 heterocycles. The topological polar surface area (TPSA) is 63.1 Å². The zero-order chi connectivity index (χ0) is 11.5. The van der Waals surface area contributed by atoms with Crippen LogP contribution in [0.25, 0.3) is 11.1 Å². The number of aromatic nitrogens is 2. The first-order valence-electron chi connectivity index (χ1n) is 4.79. The van der Waals surface area contributed by atoms with Gasteiger partial charge in [-0.2, -0.15) is 0 Å². The summed E-state index contributed by atoms with van der Waals surface area (Å²) in [6.07, 6.45) is 3.21. The van der Waals surface area contributed by atoms with Crippen LogP contribution >= 0.6 is 0 Å². The number of aryl methyl sites for hydroxylation is 1. The molecule has 0 fully saturated rings. The number of benzene rings is 1. The van der Waals surface area contributed by atoms with Gasteiger partial charge in [0.25, 0.3) is 0 Å². The van der Waals surface area contributed by atoms with Gasteiger partial charge in [-0.1, -0.05) is 12.1 Å². The first kappa shape index (κ1) is 10.3. The van der Waals surface area contributed by atoms with Crippen molar-refractivity contribution in [3.8, 4) is 11.1 Å². The van der Waals surface area contributed by atoms with E-state index in [0.717, 1.165) is 16.8 Å². The van der Waals surface area contributed by atoms with Crippen molar-refractivity contribution in [3.63, 3.8) is 0 Å². The lowest BCUT2D eigenvalue weighted by Crippen LogP contribution is -1.95. The van der Waals surface area contributed by atoms with Crippen LogP contribution in [-0.2, 0) is 0 Å². The summed E-state index contributed by atoms with van der Waals surface area (Å²) < 4.78 is 0. The summed E-state index contributed by atoms with van der Waals surface area (Å²) in [6, 6.07) is 6.67. The SMILES string of the molecule is Cc1ncncc1-c1ccc(C(=O)O)cc1. The van der Waals surface area contributed by atoms with Crippen LogP contribution in [0.15, 0.2) is 36.8 Å². The summed E-state index contributed by atoms with van der Waals surface area (Å²) in [5, 5.41) is 8.78. The Morgan fingerprint density at radius 3 is 2.50 bits per heavy atom. The number of carboxylic acid groups (broad SMARTS) is 1. The minimum absolute atomic E-state index is 0.276. The van der Waals surface area contributed by atoms with E-state index in [0.29, 0.717) is 0 Å². The molecule has 0 amide bonds. The molecule has 0 radical (unpaired) electrons. The highest BCUT2D eigenvalue weighted by atomic mass is 16.4. The predicted molar refractivity (Wildman–Crippen MR) is 59.2 cm³/mol. The predicted octanol–water partition coefficient (Wildman–Crippen LogP) is 2.15. The van der Waals surface area contributed by atoms with E-state index in [1.807, 2.05) is 6.92 Å². The summed E-state index contributed by atoms with van der Waals surface area (Å²) in [6.45, 7) is 1.89. The zero-order valence-electron chi connectivity index (χ0n) is 8.71. The fourth-order valence-electron chi connectivity index (χ4n) is 1.47. The van der Waals surface area contributed by atoms with Crippen LogP contribution in [0.3, 0.4) is 0 Å². The Morgan fingerprint density at radius 1 is 1.25 bits per heavy atom. The molecule has 1 aromatic heterocycles. The van der Waals surface area contributed by atoms with Crippen molar-refractivity contribution in [1.82, 2.24) is 9.97 Å². The van der Waals surface area contributed by atoms with Crippen LogP contribution in [-0.4, -0.2) is 21.0 Å². The lowest BCUT2D eigenvalue weighted by atomic mass is 10.0. The maximum Gasteiger partial charge on any atom is 0.335 e. The van der Waals surface area contributed by atoms with E-state index in [1.165, 1.54) is 6.33 Å². The maximum absolute atomic E-state index is 10.7. The molecule has 0 unspecified atom stereocenters. The first-order chi connectivity index (χ1) is 7.68. The Balaban J connectivity index is 2.43. The molecule has 0 aliphatic heterocycles. The largest absolute Gasteiger partial charge is 0.478 e. The van der Waals surface area contributed by atoms with Crippen LogP contribution in [0.5, 0.6) is 0 Å². The van der Waals surface area contributed by atoms with Crippen molar-refractivity contribution < 1.29 is 9.90 Å². The van der Waals surface area contributed by atoms with Gasteiger partial charge in [-0.25, -0.2) is 14.8 Å². The fraction of sp³-hybridized carbons (Fsp3) is 0.0833. The van der Waals surface area contributed by atoms with Crippen LogP contribution in [0.1, 0.15) is 16.1 Å². The second-order valence-electron chi connectivity index (χ2n) is 3.40. The second-order valence-corrected chi connectivity index (χ2v) is 3.40. The minimum Gasteiger partial charge on any atom is -0.478 e. The highest BCUT2D eigenvalue weighted by Crippen LogP contribution is 2.20. The minimum atomic E-state index is -0.924. The summed E-state index contributed by atoms with van der Waals surface area (Å²) in [4.78, 5) is 18.7. The summed E-state index contributed by atoms with van der Waals surface area (Å²) in [7, 11) is 0. The average molecular weight is 214 g/mol. The summed E-state index contributed by atoms with van der Waals surface area (Å²) >= 11 is 0. The molecule has 0 aliphatic rings. The van der Waals surface area contributed by atoms with E-state index >= 15 is 0 Å². The van der Waals surface area contributed by atoms with Crippen molar-refractivity contribution in [3.05, 3.63) is 48.0 Å². The molecule has 4 heteroatoms. The first-order valence-corrected chi connectivity index (χ1v) is 4.79. The quantitative estimate of drug-likeness (QED) is 0.831. The van der Waals surface area contributed by atoms with Crippen LogP contribution in [0.4, 0.5) is 0 Å². The van der Waals surface area contributed by atoms with Gasteiger partial charge in [0.2, 0.25) is 0 Å². The highest BCUT2D eigenvalue weighted by molar-refractivity contribution is 5.88. The standard InChI is InChI=1S/C12H10N2O2/c1-8-11(6-13-7-14-8)9-2-4-10(5-3-9)12(15)16/h2-7H,1H3,(H,15,16). The zero-order valence-corrected chi connectivity index (χ0v) is 8.71. The molecule has 4 nitrogen and oxygen atoms in total. The lowest BCUT2D eigenvalue weighted by molar-refractivity contribution is 0.0697. The molecule has 0 saturated carbocycles. The van der Waals surface area contributed by atoms with Crippen molar-refractivity contribution in [2.75, 3.05) is 0 Å². The van der Waals surface area contributed by atoms with Gasteiger partial charge < -0.3 is 5.11 Å². The van der Waals surface area contributed by atoms with Gasteiger partial charge in [0, 0.05) is 17.5 Å². The van der Waals surface area contributed by atoms with Crippen LogP contribution < -0.4 is 0 Å². The Bertz CT molecular complexity index is 521. The van der Waals surface area contributed by atoms with Gasteiger partial charge in [0.05, 0.1) is 5.56 Å². The van der Waals surface area contributed by atoms with Crippen LogP contribution in [0.2, 0.25) is 0 Å². The van der Waals surface area contributed by atoms with E-state index in [4.69, 9.17) is 5.11 Å². The number of hydrogen-bond donors (Lipinski definition) is 1. The number of carbonyl (C=O) groups is 1. The lowest BCUT2D eigenvalue weighted by Gasteiger charge is -2.04. The third-order valence-corrected chi connectivity index (χ3v) is 2.35. The number of rotatable bonds is 2. The molecular formula is C12H10N2O2. The number of nitrogens with zero attached hydrogens (tertiary/aromatic N) is 2. The molecule has 0 bridgehead atoms. The van der Waals surface area contributed by atoms with E-state index in [9.17, 15) is 4.79 Å². The van der Waals surface area contributed by atoms with Gasteiger partial charge in [-0.3, -0.25) is 0 Å².